The molecule has 1 heterocycles. The van der Waals surface area contributed by atoms with Crippen molar-refractivity contribution in [1.82, 2.24) is 0 Å². The SMILES string of the molecule is CCCCCCCCC1=C(c2cccc(C)c2)[N+](=[N-])C(c2cccc(CCCC)c2)=C1CCCC.[Ni]. The minimum absolute atomic E-state index is 0. The maximum atomic E-state index is 11.7. The Morgan fingerprint density at radius 3 is 1.78 bits per heavy atom. The van der Waals surface area contributed by atoms with Crippen LogP contribution in [0.4, 0.5) is 0 Å². The van der Waals surface area contributed by atoms with E-state index in [-0.39, 0.29) is 16.5 Å². The zero-order valence-electron chi connectivity index (χ0n) is 23.0. The van der Waals surface area contributed by atoms with Gasteiger partial charge < -0.3 is 5.53 Å². The van der Waals surface area contributed by atoms with Gasteiger partial charge in [-0.3, -0.25) is 0 Å². The topological polar surface area (TPSA) is 25.3 Å². The summed E-state index contributed by atoms with van der Waals surface area (Å²) in [4.78, 5) is 0. The Morgan fingerprint density at radius 1 is 0.611 bits per heavy atom. The van der Waals surface area contributed by atoms with Crippen molar-refractivity contribution in [2.45, 2.75) is 111 Å². The van der Waals surface area contributed by atoms with Gasteiger partial charge in [0.15, 0.2) is 0 Å². The fraction of sp³-hybridized carbons (Fsp3) is 0.515. The monoisotopic (exact) mass is 528 g/mol. The van der Waals surface area contributed by atoms with Crippen molar-refractivity contribution in [1.29, 1.82) is 0 Å². The number of benzene rings is 2. The summed E-state index contributed by atoms with van der Waals surface area (Å²) in [6, 6.07) is 17.5. The zero-order valence-corrected chi connectivity index (χ0v) is 24.0. The average molecular weight is 529 g/mol. The zero-order chi connectivity index (χ0) is 25.0. The smallest absolute Gasteiger partial charge is 0.211 e. The summed E-state index contributed by atoms with van der Waals surface area (Å²) < 4.78 is 1.53. The molecule has 198 valence electrons. The van der Waals surface area contributed by atoms with E-state index in [2.05, 4.69) is 76.2 Å². The van der Waals surface area contributed by atoms with Gasteiger partial charge in [0.05, 0.1) is 0 Å². The van der Waals surface area contributed by atoms with Gasteiger partial charge in [0.25, 0.3) is 0 Å². The van der Waals surface area contributed by atoms with Crippen molar-refractivity contribution in [3.63, 3.8) is 0 Å². The van der Waals surface area contributed by atoms with Gasteiger partial charge >= 0.3 is 0 Å². The van der Waals surface area contributed by atoms with Gasteiger partial charge in [-0.2, -0.15) is 0 Å². The first-order chi connectivity index (χ1) is 17.1. The summed E-state index contributed by atoms with van der Waals surface area (Å²) in [6.07, 6.45) is 15.5. The van der Waals surface area contributed by atoms with Gasteiger partial charge in [0, 0.05) is 38.8 Å². The minimum Gasteiger partial charge on any atom is -0.493 e. The maximum absolute atomic E-state index is 11.7. The molecule has 0 bridgehead atoms. The van der Waals surface area contributed by atoms with Gasteiger partial charge in [-0.15, -0.1) is 0 Å². The molecule has 0 aliphatic carbocycles. The van der Waals surface area contributed by atoms with Crippen molar-refractivity contribution >= 4 is 11.4 Å². The second kappa shape index (κ2) is 16.0. The third-order valence-electron chi connectivity index (χ3n) is 7.23. The molecular formula is C33H46N2Ni. The molecule has 3 heteroatoms. The van der Waals surface area contributed by atoms with Gasteiger partial charge in [0.2, 0.25) is 11.4 Å². The number of rotatable bonds is 15. The van der Waals surface area contributed by atoms with Crippen LogP contribution in [0.1, 0.15) is 120 Å². The Morgan fingerprint density at radius 2 is 1.14 bits per heavy atom. The van der Waals surface area contributed by atoms with Gasteiger partial charge in [-0.1, -0.05) is 95.5 Å². The summed E-state index contributed by atoms with van der Waals surface area (Å²) in [5.41, 5.74) is 21.3. The van der Waals surface area contributed by atoms with Crippen LogP contribution in [-0.2, 0) is 22.9 Å². The molecule has 0 saturated carbocycles. The summed E-state index contributed by atoms with van der Waals surface area (Å²) >= 11 is 0. The van der Waals surface area contributed by atoms with Crippen molar-refractivity contribution in [3.8, 4) is 0 Å². The average Bonchev–Trinajstić information content (AvgIpc) is 3.14. The van der Waals surface area contributed by atoms with Crippen molar-refractivity contribution in [3.05, 3.63) is 87.5 Å². The largest absolute Gasteiger partial charge is 0.493 e. The molecule has 0 amide bonds. The predicted molar refractivity (Wildman–Crippen MR) is 151 cm³/mol. The quantitative estimate of drug-likeness (QED) is 0.125. The van der Waals surface area contributed by atoms with E-state index in [1.54, 1.807) is 0 Å². The fourth-order valence-electron chi connectivity index (χ4n) is 5.27. The number of nitrogens with zero attached hydrogens (tertiary/aromatic N) is 2. The van der Waals surface area contributed by atoms with E-state index >= 15 is 0 Å². The molecule has 0 aromatic heterocycles. The normalized spacial score (nSPS) is 13.5. The van der Waals surface area contributed by atoms with Crippen LogP contribution in [0, 0.1) is 6.92 Å². The van der Waals surface area contributed by atoms with E-state index in [9.17, 15) is 5.53 Å². The van der Waals surface area contributed by atoms with E-state index in [1.165, 1.54) is 78.3 Å². The molecule has 0 saturated heterocycles. The van der Waals surface area contributed by atoms with Crippen molar-refractivity contribution in [2.75, 3.05) is 0 Å². The molecule has 36 heavy (non-hydrogen) atoms. The Kier molecular flexibility index (Phi) is 13.4. The van der Waals surface area contributed by atoms with Crippen LogP contribution in [0.5, 0.6) is 0 Å². The van der Waals surface area contributed by atoms with Crippen LogP contribution in [0.3, 0.4) is 0 Å². The molecule has 2 aromatic carbocycles. The molecule has 0 N–H and O–H groups in total. The minimum atomic E-state index is 0. The van der Waals surface area contributed by atoms with E-state index in [0.29, 0.717) is 0 Å². The van der Waals surface area contributed by atoms with Crippen LogP contribution < -0.4 is 0 Å². The molecule has 2 nitrogen and oxygen atoms in total. The third kappa shape index (κ3) is 8.01. The first-order valence-electron chi connectivity index (χ1n) is 14.2. The number of hydrogen-bond acceptors (Lipinski definition) is 0. The number of aryl methyl sites for hydroxylation is 2. The molecule has 1 aliphatic heterocycles. The summed E-state index contributed by atoms with van der Waals surface area (Å²) in [7, 11) is 0. The number of hydrogen-bond donors (Lipinski definition) is 0. The number of allylic oxidation sites excluding steroid dienone is 2. The van der Waals surface area contributed by atoms with Gasteiger partial charge in [-0.25, -0.2) is 4.70 Å². The van der Waals surface area contributed by atoms with Crippen LogP contribution in [0.2, 0.25) is 0 Å². The van der Waals surface area contributed by atoms with E-state index in [4.69, 9.17) is 0 Å². The first-order valence-corrected chi connectivity index (χ1v) is 14.2. The Labute approximate surface area is 230 Å². The van der Waals surface area contributed by atoms with Crippen molar-refractivity contribution < 1.29 is 21.2 Å². The standard InChI is InChI=1S/C33H46N2.Ni/c1-5-8-11-12-13-14-23-31-30(22-10-7-3)33(29-21-16-19-27(25-29)18-9-6-2)35(34)32(31)28-20-15-17-26(4)24-28;/h15-17,19-21,24-25H,5-14,18,22-23H2,1-4H3;. The Balaban J connectivity index is 0.00000456. The van der Waals surface area contributed by atoms with E-state index in [1.807, 2.05) is 0 Å². The summed E-state index contributed by atoms with van der Waals surface area (Å²) in [5, 5.41) is 0. The summed E-state index contributed by atoms with van der Waals surface area (Å²) in [5.74, 6) is 0. The van der Waals surface area contributed by atoms with Crippen LogP contribution in [0.15, 0.2) is 59.7 Å². The maximum Gasteiger partial charge on any atom is 0.211 e. The van der Waals surface area contributed by atoms with E-state index in [0.717, 1.165) is 54.6 Å². The fourth-order valence-corrected chi connectivity index (χ4v) is 5.27. The molecule has 0 spiro atoms. The van der Waals surface area contributed by atoms with Crippen LogP contribution >= 0.6 is 0 Å². The predicted octanol–water partition coefficient (Wildman–Crippen LogP) is 10.4. The Bertz CT molecular complexity index is 1050. The van der Waals surface area contributed by atoms with Gasteiger partial charge in [0.1, 0.15) is 0 Å². The third-order valence-corrected chi connectivity index (χ3v) is 7.23. The molecule has 0 fully saturated rings. The molecule has 3 rings (SSSR count). The molecule has 0 unspecified atom stereocenters. The molecule has 1 aliphatic rings. The summed E-state index contributed by atoms with van der Waals surface area (Å²) in [6.45, 7) is 8.92. The van der Waals surface area contributed by atoms with E-state index < -0.39 is 0 Å². The second-order valence-electron chi connectivity index (χ2n) is 10.3. The molecule has 0 atom stereocenters. The second-order valence-corrected chi connectivity index (χ2v) is 10.3. The molecule has 0 radical (unpaired) electrons. The van der Waals surface area contributed by atoms with Crippen LogP contribution in [0.25, 0.3) is 16.9 Å². The van der Waals surface area contributed by atoms with Crippen molar-refractivity contribution in [2.24, 2.45) is 0 Å². The molecular weight excluding hydrogens is 483 g/mol. The Hall–Kier alpha value is -1.99. The molecule has 2 aromatic rings. The van der Waals surface area contributed by atoms with Gasteiger partial charge in [-0.05, 0) is 75.3 Å². The van der Waals surface area contributed by atoms with Crippen LogP contribution in [-0.4, -0.2) is 4.70 Å². The first kappa shape index (κ1) is 30.2. The number of unbranched alkanes of at least 4 members (excludes halogenated alkanes) is 7.